The monoisotopic (exact) mass is 332 g/mol. The molecule has 0 bridgehead atoms. The molecule has 0 fully saturated rings. The highest BCUT2D eigenvalue weighted by molar-refractivity contribution is 7.81. The largest absolute Gasteiger partial charge is 0.464 e. The van der Waals surface area contributed by atoms with Gasteiger partial charge in [-0.05, 0) is 17.9 Å². The summed E-state index contributed by atoms with van der Waals surface area (Å²) in [5.74, 6) is 0.641. The van der Waals surface area contributed by atoms with Gasteiger partial charge in [0.25, 0.3) is 6.47 Å². The minimum atomic E-state index is -0.190. The van der Waals surface area contributed by atoms with Crippen molar-refractivity contribution in [2.45, 2.75) is 38.5 Å². The highest BCUT2D eigenvalue weighted by atomic mass is 32.1. The van der Waals surface area contributed by atoms with Crippen LogP contribution in [-0.2, 0) is 16.0 Å². The van der Waals surface area contributed by atoms with E-state index in [1.165, 1.54) is 5.56 Å². The van der Waals surface area contributed by atoms with E-state index in [1.807, 2.05) is 25.1 Å². The molecular weight excluding hydrogens is 304 g/mol. The van der Waals surface area contributed by atoms with E-state index in [2.05, 4.69) is 44.7 Å². The summed E-state index contributed by atoms with van der Waals surface area (Å²) in [4.78, 5) is 10.9. The molecule has 0 aromatic heterocycles. The van der Waals surface area contributed by atoms with Crippen LogP contribution < -0.4 is 0 Å². The Balaban J connectivity index is 2.76. The molecule has 0 aliphatic heterocycles. The number of hydrogen-bond acceptors (Lipinski definition) is 3. The molecule has 0 aliphatic rings. The third-order valence-corrected chi connectivity index (χ3v) is 5.30. The molecule has 0 aliphatic carbocycles. The number of carbonyl (C=O) groups is 1. The zero-order valence-corrected chi connectivity index (χ0v) is 15.2. The minimum Gasteiger partial charge on any atom is -0.464 e. The van der Waals surface area contributed by atoms with Gasteiger partial charge in [0.2, 0.25) is 0 Å². The second-order valence-electron chi connectivity index (χ2n) is 6.19. The molecule has 0 radical (unpaired) electrons. The molecule has 3 heteroatoms. The predicted molar refractivity (Wildman–Crippen MR) is 101 cm³/mol. The summed E-state index contributed by atoms with van der Waals surface area (Å²) < 4.78 is 5.37. The van der Waals surface area contributed by atoms with Gasteiger partial charge < -0.3 is 4.74 Å². The maximum absolute atomic E-state index is 10.9. The summed E-state index contributed by atoms with van der Waals surface area (Å²) in [7, 11) is 0. The van der Waals surface area contributed by atoms with Gasteiger partial charge in [-0.25, -0.2) is 0 Å². The first-order valence-corrected chi connectivity index (χ1v) is 8.63. The van der Waals surface area contributed by atoms with Gasteiger partial charge in [-0.15, -0.1) is 0 Å². The molecule has 0 N–H and O–H groups in total. The van der Waals surface area contributed by atoms with Crippen molar-refractivity contribution in [2.24, 2.45) is 17.8 Å². The summed E-state index contributed by atoms with van der Waals surface area (Å²) in [6.45, 7) is 10.6. The second-order valence-corrected chi connectivity index (χ2v) is 6.79. The Morgan fingerprint density at radius 1 is 1.22 bits per heavy atom. The first-order valence-electron chi connectivity index (χ1n) is 8.11. The minimum absolute atomic E-state index is 0.117. The van der Waals surface area contributed by atoms with Gasteiger partial charge in [0, 0.05) is 17.1 Å². The molecule has 1 aromatic rings. The number of ether oxygens (including phenoxy) is 1. The molecule has 0 saturated heterocycles. The van der Waals surface area contributed by atoms with Crippen LogP contribution in [-0.4, -0.2) is 17.8 Å². The lowest BCUT2D eigenvalue weighted by molar-refractivity contribution is -0.138. The van der Waals surface area contributed by atoms with E-state index in [0.29, 0.717) is 12.4 Å². The molecular formula is C20H28O2S. The quantitative estimate of drug-likeness (QED) is 0.381. The second kappa shape index (κ2) is 10.3. The maximum Gasteiger partial charge on any atom is 0.293 e. The molecule has 126 valence electrons. The van der Waals surface area contributed by atoms with Gasteiger partial charge in [-0.1, -0.05) is 75.9 Å². The third kappa shape index (κ3) is 6.26. The Morgan fingerprint density at radius 2 is 1.87 bits per heavy atom. The lowest BCUT2D eigenvalue weighted by atomic mass is 9.83. The Bertz CT molecular complexity index is 498. The Labute approximate surface area is 146 Å². The number of carbonyl (C=O) groups excluding carboxylic acids is 1. The molecule has 0 heterocycles. The van der Waals surface area contributed by atoms with Crippen LogP contribution in [0, 0.1) is 17.8 Å². The van der Waals surface area contributed by atoms with Crippen molar-refractivity contribution in [3.05, 3.63) is 60.7 Å². The van der Waals surface area contributed by atoms with Crippen molar-refractivity contribution in [2.75, 3.05) is 0 Å². The van der Waals surface area contributed by atoms with E-state index in [1.54, 1.807) is 6.08 Å². The van der Waals surface area contributed by atoms with Crippen LogP contribution in [0.25, 0.3) is 0 Å². The van der Waals surface area contributed by atoms with Gasteiger partial charge in [0.15, 0.2) is 0 Å². The fraction of sp³-hybridized carbons (Fsp3) is 0.450. The summed E-state index contributed by atoms with van der Waals surface area (Å²) in [6.07, 6.45) is 6.41. The van der Waals surface area contributed by atoms with E-state index in [9.17, 15) is 4.79 Å². The fourth-order valence-corrected chi connectivity index (χ4v) is 3.25. The Hall–Kier alpha value is -1.48. The molecule has 0 spiro atoms. The number of rotatable bonds is 10. The van der Waals surface area contributed by atoms with Gasteiger partial charge in [-0.3, -0.25) is 4.79 Å². The summed E-state index contributed by atoms with van der Waals surface area (Å²) in [5, 5.41) is 0.139. The molecule has 0 unspecified atom stereocenters. The van der Waals surface area contributed by atoms with Gasteiger partial charge in [-0.2, -0.15) is 12.6 Å². The summed E-state index contributed by atoms with van der Waals surface area (Å²) in [5.41, 5.74) is 1.30. The van der Waals surface area contributed by atoms with Gasteiger partial charge in [0.1, 0.15) is 6.10 Å². The molecule has 0 saturated carbocycles. The van der Waals surface area contributed by atoms with Crippen LogP contribution in [0.4, 0.5) is 0 Å². The fourth-order valence-electron chi connectivity index (χ4n) is 2.97. The van der Waals surface area contributed by atoms with Crippen molar-refractivity contribution in [1.82, 2.24) is 0 Å². The van der Waals surface area contributed by atoms with Crippen LogP contribution in [0.3, 0.4) is 0 Å². The molecule has 2 nitrogen and oxygen atoms in total. The molecule has 1 aromatic carbocycles. The maximum atomic E-state index is 10.9. The zero-order chi connectivity index (χ0) is 17.2. The third-order valence-electron chi connectivity index (χ3n) is 4.32. The number of thiol groups is 1. The predicted octanol–water partition coefficient (Wildman–Crippen LogP) is 4.72. The summed E-state index contributed by atoms with van der Waals surface area (Å²) >= 11 is 4.83. The van der Waals surface area contributed by atoms with Crippen molar-refractivity contribution in [1.29, 1.82) is 0 Å². The number of hydrogen-bond donors (Lipinski definition) is 1. The van der Waals surface area contributed by atoms with Crippen molar-refractivity contribution >= 4 is 19.1 Å². The normalized spacial score (nSPS) is 17.9. The lowest BCUT2D eigenvalue weighted by Gasteiger charge is -2.33. The van der Waals surface area contributed by atoms with Crippen LogP contribution in [0.1, 0.15) is 26.3 Å². The number of benzene rings is 1. The van der Waals surface area contributed by atoms with Gasteiger partial charge >= 0.3 is 0 Å². The SMILES string of the molecule is C=C/C=C\[C@H](C)[C@H](OC=O)[C@@H](C)[C@H](S)[C@@H](C)Cc1ccccc1. The van der Waals surface area contributed by atoms with Crippen molar-refractivity contribution in [3.63, 3.8) is 0 Å². The van der Waals surface area contributed by atoms with E-state index in [0.717, 1.165) is 6.42 Å². The van der Waals surface area contributed by atoms with E-state index in [-0.39, 0.29) is 23.2 Å². The highest BCUT2D eigenvalue weighted by Crippen LogP contribution is 2.29. The number of allylic oxidation sites excluding steroid dienone is 2. The van der Waals surface area contributed by atoms with Crippen LogP contribution in [0.2, 0.25) is 0 Å². The van der Waals surface area contributed by atoms with Crippen LogP contribution >= 0.6 is 12.6 Å². The topological polar surface area (TPSA) is 26.3 Å². The smallest absolute Gasteiger partial charge is 0.293 e. The standard InChI is InChI=1S/C20H28O2S/c1-5-6-10-15(2)19(22-14-21)17(4)20(23)16(3)13-18-11-8-7-9-12-18/h5-12,14-17,19-20,23H,1,13H2,2-4H3/b10-6-/t15-,16-,17+,19-,20+/m0/s1. The Kier molecular flexibility index (Phi) is 8.78. The first-order chi connectivity index (χ1) is 11.0. The molecule has 0 amide bonds. The van der Waals surface area contributed by atoms with Crippen molar-refractivity contribution < 1.29 is 9.53 Å². The average molecular weight is 333 g/mol. The highest BCUT2D eigenvalue weighted by Gasteiger charge is 2.31. The molecule has 5 atom stereocenters. The first kappa shape index (κ1) is 19.6. The summed E-state index contributed by atoms with van der Waals surface area (Å²) in [6, 6.07) is 10.4. The lowest BCUT2D eigenvalue weighted by Crippen LogP contribution is -2.36. The van der Waals surface area contributed by atoms with Crippen molar-refractivity contribution in [3.8, 4) is 0 Å². The average Bonchev–Trinajstić information content (AvgIpc) is 2.57. The van der Waals surface area contributed by atoms with Gasteiger partial charge in [0.05, 0.1) is 0 Å². The van der Waals surface area contributed by atoms with E-state index >= 15 is 0 Å². The Morgan fingerprint density at radius 3 is 2.43 bits per heavy atom. The molecule has 23 heavy (non-hydrogen) atoms. The van der Waals surface area contributed by atoms with E-state index in [4.69, 9.17) is 17.4 Å². The zero-order valence-electron chi connectivity index (χ0n) is 14.3. The molecule has 1 rings (SSSR count). The van der Waals surface area contributed by atoms with Crippen LogP contribution in [0.15, 0.2) is 55.1 Å². The van der Waals surface area contributed by atoms with E-state index < -0.39 is 0 Å². The van der Waals surface area contributed by atoms with Crippen LogP contribution in [0.5, 0.6) is 0 Å².